The van der Waals surface area contributed by atoms with E-state index in [1.807, 2.05) is 32.0 Å². The van der Waals surface area contributed by atoms with Crippen molar-refractivity contribution in [3.05, 3.63) is 29.8 Å². The van der Waals surface area contributed by atoms with Gasteiger partial charge in [-0.15, -0.1) is 0 Å². The van der Waals surface area contributed by atoms with Crippen molar-refractivity contribution in [1.82, 2.24) is 0 Å². The Labute approximate surface area is 120 Å². The number of para-hydroxylation sites is 1. The van der Waals surface area contributed by atoms with Gasteiger partial charge < -0.3 is 19.3 Å². The third-order valence-corrected chi connectivity index (χ3v) is 3.58. The minimum atomic E-state index is -0.619. The minimum absolute atomic E-state index is 0.290. The highest BCUT2D eigenvalue weighted by atomic mass is 16.7. The molecule has 0 fully saturated rings. The molecule has 1 aromatic rings. The molecule has 0 bridgehead atoms. The number of aliphatic hydroxyl groups excluding tert-OH is 1. The average molecular weight is 280 g/mol. The first-order chi connectivity index (χ1) is 9.76. The summed E-state index contributed by atoms with van der Waals surface area (Å²) in [6.07, 6.45) is 0.385. The first-order valence-corrected chi connectivity index (χ1v) is 7.39. The molecule has 20 heavy (non-hydrogen) atoms. The van der Waals surface area contributed by atoms with Crippen LogP contribution in [0, 0.1) is 0 Å². The average Bonchev–Trinajstić information content (AvgIpc) is 2.47. The van der Waals surface area contributed by atoms with Crippen LogP contribution in [0.2, 0.25) is 0 Å². The number of aliphatic hydroxyl groups is 1. The zero-order chi connectivity index (χ0) is 14.4. The Bertz CT molecular complexity index is 401. The van der Waals surface area contributed by atoms with E-state index in [2.05, 4.69) is 6.07 Å². The van der Waals surface area contributed by atoms with Gasteiger partial charge in [-0.25, -0.2) is 0 Å². The SMILES string of the molecule is CCOC(OCC)C(O)CC1CCOc2ccccc21. The van der Waals surface area contributed by atoms with Gasteiger partial charge in [0.15, 0.2) is 6.29 Å². The molecule has 2 unspecified atom stereocenters. The van der Waals surface area contributed by atoms with E-state index in [9.17, 15) is 5.11 Å². The molecule has 0 aliphatic carbocycles. The summed E-state index contributed by atoms with van der Waals surface area (Å²) in [5, 5.41) is 10.4. The van der Waals surface area contributed by atoms with Crippen molar-refractivity contribution in [3.63, 3.8) is 0 Å². The van der Waals surface area contributed by atoms with Crippen LogP contribution >= 0.6 is 0 Å². The fourth-order valence-electron chi connectivity index (χ4n) is 2.66. The highest BCUT2D eigenvalue weighted by Gasteiger charge is 2.28. The van der Waals surface area contributed by atoms with Crippen LogP contribution < -0.4 is 4.74 Å². The summed E-state index contributed by atoms with van der Waals surface area (Å²) in [5.41, 5.74) is 1.17. The van der Waals surface area contributed by atoms with E-state index in [1.54, 1.807) is 0 Å². The van der Waals surface area contributed by atoms with Crippen LogP contribution in [0.5, 0.6) is 5.75 Å². The number of fused-ring (bicyclic) bond motifs is 1. The Balaban J connectivity index is 2.02. The molecule has 0 saturated heterocycles. The maximum Gasteiger partial charge on any atom is 0.183 e. The van der Waals surface area contributed by atoms with Crippen molar-refractivity contribution in [2.75, 3.05) is 19.8 Å². The van der Waals surface area contributed by atoms with Gasteiger partial charge in [0, 0.05) is 13.2 Å². The molecule has 0 saturated carbocycles. The Hall–Kier alpha value is -1.10. The smallest absolute Gasteiger partial charge is 0.183 e. The molecular formula is C16H24O4. The van der Waals surface area contributed by atoms with Crippen molar-refractivity contribution < 1.29 is 19.3 Å². The van der Waals surface area contributed by atoms with Gasteiger partial charge in [-0.1, -0.05) is 18.2 Å². The predicted octanol–water partition coefficient (Wildman–Crippen LogP) is 2.70. The van der Waals surface area contributed by atoms with Gasteiger partial charge in [-0.2, -0.15) is 0 Å². The van der Waals surface area contributed by atoms with Crippen molar-refractivity contribution in [1.29, 1.82) is 0 Å². The molecule has 1 aliphatic heterocycles. The maximum atomic E-state index is 10.4. The standard InChI is InChI=1S/C16H24O4/c1-3-18-16(19-4-2)14(17)11-12-9-10-20-15-8-6-5-7-13(12)15/h5-8,12,14,16-17H,3-4,9-11H2,1-2H3. The van der Waals surface area contributed by atoms with E-state index in [0.29, 0.717) is 32.2 Å². The second-order valence-electron chi connectivity index (χ2n) is 4.95. The Morgan fingerprint density at radius 2 is 1.95 bits per heavy atom. The van der Waals surface area contributed by atoms with E-state index in [4.69, 9.17) is 14.2 Å². The first-order valence-electron chi connectivity index (χ1n) is 7.39. The molecule has 1 heterocycles. The quantitative estimate of drug-likeness (QED) is 0.780. The summed E-state index contributed by atoms with van der Waals surface area (Å²) >= 11 is 0. The Morgan fingerprint density at radius 1 is 1.25 bits per heavy atom. The highest BCUT2D eigenvalue weighted by Crippen LogP contribution is 2.36. The van der Waals surface area contributed by atoms with Gasteiger partial charge in [-0.3, -0.25) is 0 Å². The van der Waals surface area contributed by atoms with E-state index in [-0.39, 0.29) is 0 Å². The highest BCUT2D eigenvalue weighted by molar-refractivity contribution is 5.37. The Kier molecular flexibility index (Phi) is 5.83. The molecule has 1 aromatic carbocycles. The fourth-order valence-corrected chi connectivity index (χ4v) is 2.66. The maximum absolute atomic E-state index is 10.4. The second kappa shape index (κ2) is 7.62. The van der Waals surface area contributed by atoms with Crippen molar-refractivity contribution >= 4 is 0 Å². The van der Waals surface area contributed by atoms with E-state index in [0.717, 1.165) is 12.2 Å². The van der Waals surface area contributed by atoms with Gasteiger partial charge in [0.25, 0.3) is 0 Å². The van der Waals surface area contributed by atoms with Crippen LogP contribution in [0.25, 0.3) is 0 Å². The number of hydrogen-bond donors (Lipinski definition) is 1. The summed E-state index contributed by atoms with van der Waals surface area (Å²) in [4.78, 5) is 0. The van der Waals surface area contributed by atoms with Crippen LogP contribution in [-0.2, 0) is 9.47 Å². The van der Waals surface area contributed by atoms with Gasteiger partial charge in [-0.05, 0) is 44.2 Å². The van der Waals surface area contributed by atoms with Crippen LogP contribution in [0.3, 0.4) is 0 Å². The van der Waals surface area contributed by atoms with Crippen LogP contribution in [-0.4, -0.2) is 37.3 Å². The van der Waals surface area contributed by atoms with Crippen molar-refractivity contribution in [2.24, 2.45) is 0 Å². The van der Waals surface area contributed by atoms with Gasteiger partial charge in [0.2, 0.25) is 0 Å². The summed E-state index contributed by atoms with van der Waals surface area (Å²) in [7, 11) is 0. The summed E-state index contributed by atoms with van der Waals surface area (Å²) < 4.78 is 16.6. The van der Waals surface area contributed by atoms with Gasteiger partial charge in [0.1, 0.15) is 11.9 Å². The topological polar surface area (TPSA) is 47.9 Å². The lowest BCUT2D eigenvalue weighted by Crippen LogP contribution is -2.34. The van der Waals surface area contributed by atoms with E-state index in [1.165, 1.54) is 5.56 Å². The van der Waals surface area contributed by atoms with Crippen molar-refractivity contribution in [3.8, 4) is 5.75 Å². The molecule has 4 heteroatoms. The van der Waals surface area contributed by atoms with Gasteiger partial charge >= 0.3 is 0 Å². The number of ether oxygens (including phenoxy) is 3. The molecule has 4 nitrogen and oxygen atoms in total. The molecule has 0 amide bonds. The molecule has 2 atom stereocenters. The first kappa shape index (κ1) is 15.3. The lowest BCUT2D eigenvalue weighted by molar-refractivity contribution is -0.192. The molecule has 1 aliphatic rings. The van der Waals surface area contributed by atoms with Crippen LogP contribution in [0.4, 0.5) is 0 Å². The largest absolute Gasteiger partial charge is 0.493 e. The number of hydrogen-bond acceptors (Lipinski definition) is 4. The van der Waals surface area contributed by atoms with E-state index >= 15 is 0 Å². The van der Waals surface area contributed by atoms with Crippen LogP contribution in [0.1, 0.15) is 38.2 Å². The molecule has 112 valence electrons. The molecule has 0 aromatic heterocycles. The Morgan fingerprint density at radius 3 is 2.65 bits per heavy atom. The summed E-state index contributed by atoms with van der Waals surface area (Å²) in [5.74, 6) is 1.22. The third-order valence-electron chi connectivity index (χ3n) is 3.58. The lowest BCUT2D eigenvalue weighted by Gasteiger charge is -2.30. The molecular weight excluding hydrogens is 256 g/mol. The third kappa shape index (κ3) is 3.72. The second-order valence-corrected chi connectivity index (χ2v) is 4.95. The van der Waals surface area contributed by atoms with Crippen molar-refractivity contribution in [2.45, 2.75) is 45.0 Å². The summed E-state index contributed by atoms with van der Waals surface area (Å²) in [6.45, 7) is 5.57. The van der Waals surface area contributed by atoms with Gasteiger partial charge in [0.05, 0.1) is 6.61 Å². The zero-order valence-corrected chi connectivity index (χ0v) is 12.2. The number of rotatable bonds is 7. The monoisotopic (exact) mass is 280 g/mol. The summed E-state index contributed by atoms with van der Waals surface area (Å²) in [6, 6.07) is 8.04. The normalized spacial score (nSPS) is 19.5. The number of benzene rings is 1. The lowest BCUT2D eigenvalue weighted by atomic mass is 9.88. The minimum Gasteiger partial charge on any atom is -0.493 e. The fraction of sp³-hybridized carbons (Fsp3) is 0.625. The molecule has 0 radical (unpaired) electrons. The predicted molar refractivity (Wildman–Crippen MR) is 77.0 cm³/mol. The van der Waals surface area contributed by atoms with Crippen LogP contribution in [0.15, 0.2) is 24.3 Å². The van der Waals surface area contributed by atoms with E-state index < -0.39 is 12.4 Å². The zero-order valence-electron chi connectivity index (χ0n) is 12.2. The molecule has 1 N–H and O–H groups in total. The molecule has 0 spiro atoms. The molecule has 2 rings (SSSR count).